The lowest BCUT2D eigenvalue weighted by Crippen LogP contribution is -2.22. The first-order chi connectivity index (χ1) is 17.5. The Bertz CT molecular complexity index is 1310. The average molecular weight is 485 g/mol. The zero-order chi connectivity index (χ0) is 25.5. The van der Waals surface area contributed by atoms with Crippen LogP contribution in [0.5, 0.6) is 0 Å². The van der Waals surface area contributed by atoms with Crippen LogP contribution < -0.4 is 5.32 Å². The third-order valence-corrected chi connectivity index (χ3v) is 6.28. The molecule has 3 aromatic rings. The van der Waals surface area contributed by atoms with Crippen LogP contribution in [-0.2, 0) is 16.1 Å². The number of methoxy groups -OCH3 is 1. The van der Waals surface area contributed by atoms with Gasteiger partial charge in [-0.05, 0) is 56.0 Å². The van der Waals surface area contributed by atoms with Crippen molar-refractivity contribution in [1.29, 1.82) is 0 Å². The lowest BCUT2D eigenvalue weighted by molar-refractivity contribution is -0.121. The van der Waals surface area contributed by atoms with E-state index in [2.05, 4.69) is 15.3 Å². The quantitative estimate of drug-likeness (QED) is 0.251. The van der Waals surface area contributed by atoms with Gasteiger partial charge in [-0.25, -0.2) is 4.99 Å². The third kappa shape index (κ3) is 5.92. The molecule has 0 bridgehead atoms. The summed E-state index contributed by atoms with van der Waals surface area (Å²) in [5.74, 6) is 0.761. The molecule has 36 heavy (non-hydrogen) atoms. The maximum Gasteiger partial charge on any atom is 0.220 e. The number of H-pyrrole nitrogens is 2. The van der Waals surface area contributed by atoms with Crippen LogP contribution in [0, 0.1) is 13.8 Å². The number of carbonyl (C=O) groups is 2. The summed E-state index contributed by atoms with van der Waals surface area (Å²) < 4.78 is 5.53. The number of hydrogen-bond acceptors (Lipinski definition) is 4. The lowest BCUT2D eigenvalue weighted by Gasteiger charge is -2.06. The summed E-state index contributed by atoms with van der Waals surface area (Å²) in [6, 6.07) is 13.7. The first-order valence-electron chi connectivity index (χ1n) is 12.2. The molecule has 0 atom stereocenters. The summed E-state index contributed by atoms with van der Waals surface area (Å²) in [6.07, 6.45) is 7.82. The predicted molar refractivity (Wildman–Crippen MR) is 142 cm³/mol. The molecule has 2 aromatic heterocycles. The number of rotatable bonds is 11. The molecule has 7 nitrogen and oxygen atoms in total. The van der Waals surface area contributed by atoms with Crippen LogP contribution in [0.3, 0.4) is 0 Å². The number of unbranched alkanes of at least 4 members (excludes halogenated alkanes) is 1. The Morgan fingerprint density at radius 2 is 1.83 bits per heavy atom. The minimum atomic E-state index is 0.00653. The number of allylic oxidation sites excluding steroid dienone is 1. The van der Waals surface area contributed by atoms with Gasteiger partial charge in [-0.15, -0.1) is 0 Å². The molecule has 0 fully saturated rings. The van der Waals surface area contributed by atoms with Crippen molar-refractivity contribution in [2.75, 3.05) is 7.11 Å². The Labute approximate surface area is 211 Å². The average Bonchev–Trinajstić information content (AvgIpc) is 3.61. The summed E-state index contributed by atoms with van der Waals surface area (Å²) in [7, 11) is 1.62. The monoisotopic (exact) mass is 484 g/mol. The fourth-order valence-corrected chi connectivity index (χ4v) is 4.36. The van der Waals surface area contributed by atoms with E-state index in [1.165, 1.54) is 0 Å². The Balaban J connectivity index is 1.34. The van der Waals surface area contributed by atoms with Crippen LogP contribution in [0.1, 0.15) is 64.2 Å². The number of ether oxygens (including phenoxy) is 1. The molecule has 4 rings (SSSR count). The second-order valence-electron chi connectivity index (χ2n) is 8.88. The van der Waals surface area contributed by atoms with E-state index in [0.717, 1.165) is 33.9 Å². The van der Waals surface area contributed by atoms with Crippen LogP contribution in [0.4, 0.5) is 0 Å². The summed E-state index contributed by atoms with van der Waals surface area (Å²) in [6.45, 7) is 4.38. The van der Waals surface area contributed by atoms with Crippen molar-refractivity contribution < 1.29 is 14.3 Å². The topological polar surface area (TPSA) is 99.3 Å². The van der Waals surface area contributed by atoms with Gasteiger partial charge in [0, 0.05) is 48.6 Å². The number of nitrogens with one attached hydrogen (secondary N) is 3. The number of aliphatic imine (C=N–C) groups is 1. The number of aromatic amines is 2. The van der Waals surface area contributed by atoms with E-state index >= 15 is 0 Å². The number of Topliss-reactive ketones (excluding diaryl/α,β-unsaturated/α-hetero) is 1. The van der Waals surface area contributed by atoms with Gasteiger partial charge < -0.3 is 20.0 Å². The Morgan fingerprint density at radius 3 is 2.56 bits per heavy atom. The third-order valence-electron chi connectivity index (χ3n) is 6.28. The highest BCUT2D eigenvalue weighted by Crippen LogP contribution is 2.28. The Hall–Kier alpha value is -4.13. The molecule has 1 aliphatic rings. The van der Waals surface area contributed by atoms with Crippen molar-refractivity contribution in [2.45, 2.75) is 46.1 Å². The fourth-order valence-electron chi connectivity index (χ4n) is 4.36. The Kier molecular flexibility index (Phi) is 8.00. The van der Waals surface area contributed by atoms with Gasteiger partial charge >= 0.3 is 0 Å². The number of carbonyl (C=O) groups excluding carboxylic acids is 2. The second kappa shape index (κ2) is 11.5. The Morgan fingerprint density at radius 1 is 1.06 bits per heavy atom. The normalized spacial score (nSPS) is 14.0. The highest BCUT2D eigenvalue weighted by Gasteiger charge is 2.21. The van der Waals surface area contributed by atoms with Gasteiger partial charge in [0.2, 0.25) is 5.91 Å². The lowest BCUT2D eigenvalue weighted by atomic mass is 10.0. The number of aryl methyl sites for hydroxylation is 1. The molecule has 7 heteroatoms. The molecule has 0 aliphatic carbocycles. The maximum absolute atomic E-state index is 13.0. The van der Waals surface area contributed by atoms with E-state index in [4.69, 9.17) is 9.73 Å². The molecule has 1 aromatic carbocycles. The standard InChI is InChI=1S/C29H32N4O3/c1-19-23(16-25-27(36-3)17-24(33-25)22-12-9-15-30-22)32-20(2)29(19)26(34)13-7-8-14-28(35)31-18-21-10-5-4-6-11-21/h4-6,9-12,15-17,30,32H,7-8,13-14,18H2,1-3H3,(H,31,35)/b25-16-. The van der Waals surface area contributed by atoms with Crippen LogP contribution in [-0.4, -0.2) is 34.5 Å². The number of nitrogens with zero attached hydrogens (tertiary/aromatic N) is 1. The molecule has 0 saturated heterocycles. The minimum absolute atomic E-state index is 0.00653. The van der Waals surface area contributed by atoms with Gasteiger partial charge in [0.1, 0.15) is 11.5 Å². The van der Waals surface area contributed by atoms with E-state index in [1.807, 2.05) is 74.7 Å². The molecular formula is C29H32N4O3. The first-order valence-corrected chi connectivity index (χ1v) is 12.2. The van der Waals surface area contributed by atoms with Crippen LogP contribution in [0.25, 0.3) is 6.08 Å². The molecule has 0 spiro atoms. The van der Waals surface area contributed by atoms with E-state index in [9.17, 15) is 9.59 Å². The van der Waals surface area contributed by atoms with Gasteiger partial charge in [-0.3, -0.25) is 9.59 Å². The molecule has 186 valence electrons. The number of hydrogen-bond donors (Lipinski definition) is 3. The zero-order valence-corrected chi connectivity index (χ0v) is 21.0. The summed E-state index contributed by atoms with van der Waals surface area (Å²) in [5.41, 5.74) is 6.76. The van der Waals surface area contributed by atoms with Crippen molar-refractivity contribution in [2.24, 2.45) is 4.99 Å². The van der Waals surface area contributed by atoms with Gasteiger partial charge in [0.15, 0.2) is 5.78 Å². The minimum Gasteiger partial charge on any atom is -0.494 e. The van der Waals surface area contributed by atoms with Crippen molar-refractivity contribution in [3.63, 3.8) is 0 Å². The smallest absolute Gasteiger partial charge is 0.220 e. The fraction of sp³-hybridized carbons (Fsp3) is 0.276. The van der Waals surface area contributed by atoms with Crippen molar-refractivity contribution in [1.82, 2.24) is 15.3 Å². The molecule has 0 unspecified atom stereocenters. The molecular weight excluding hydrogens is 452 g/mol. The first kappa shape index (κ1) is 25.0. The second-order valence-corrected chi connectivity index (χ2v) is 8.88. The van der Waals surface area contributed by atoms with Gasteiger partial charge in [-0.1, -0.05) is 30.3 Å². The summed E-state index contributed by atoms with van der Waals surface area (Å²) in [4.78, 5) is 36.3. The predicted octanol–water partition coefficient (Wildman–Crippen LogP) is 5.39. The number of aromatic nitrogens is 2. The van der Waals surface area contributed by atoms with Crippen molar-refractivity contribution in [3.8, 4) is 0 Å². The number of ketones is 1. The van der Waals surface area contributed by atoms with Crippen LogP contribution >= 0.6 is 0 Å². The largest absolute Gasteiger partial charge is 0.494 e. The van der Waals surface area contributed by atoms with Crippen LogP contribution in [0.2, 0.25) is 0 Å². The summed E-state index contributed by atoms with van der Waals surface area (Å²) in [5, 5.41) is 2.93. The SMILES string of the molecule is COC1=CC(c2ccc[nH]2)=N/C1=C\c1[nH]c(C)c(C(=O)CCCCC(=O)NCc2ccccc2)c1C. The molecule has 0 saturated carbocycles. The van der Waals surface area contributed by atoms with Crippen molar-refractivity contribution >= 4 is 23.5 Å². The molecule has 3 N–H and O–H groups in total. The van der Waals surface area contributed by atoms with Gasteiger partial charge in [0.25, 0.3) is 0 Å². The van der Waals surface area contributed by atoms with Gasteiger partial charge in [0.05, 0.1) is 18.5 Å². The highest BCUT2D eigenvalue weighted by atomic mass is 16.5. The summed E-state index contributed by atoms with van der Waals surface area (Å²) >= 11 is 0. The van der Waals surface area contributed by atoms with E-state index in [0.29, 0.717) is 49.2 Å². The van der Waals surface area contributed by atoms with E-state index in [1.54, 1.807) is 7.11 Å². The molecule has 1 aliphatic heterocycles. The van der Waals surface area contributed by atoms with E-state index < -0.39 is 0 Å². The zero-order valence-electron chi connectivity index (χ0n) is 21.0. The molecule has 3 heterocycles. The maximum atomic E-state index is 13.0. The van der Waals surface area contributed by atoms with Gasteiger partial charge in [-0.2, -0.15) is 0 Å². The van der Waals surface area contributed by atoms with Crippen LogP contribution in [0.15, 0.2) is 71.2 Å². The molecule has 0 radical (unpaired) electrons. The van der Waals surface area contributed by atoms with E-state index in [-0.39, 0.29) is 11.7 Å². The number of benzene rings is 1. The highest BCUT2D eigenvalue weighted by molar-refractivity contribution is 6.11. The number of amides is 1. The van der Waals surface area contributed by atoms with Crippen molar-refractivity contribution in [3.05, 3.63) is 100.0 Å². The molecule has 1 amide bonds.